The molecule has 5 heteroatoms. The second-order valence-electron chi connectivity index (χ2n) is 4.58. The van der Waals surface area contributed by atoms with Crippen molar-refractivity contribution in [1.82, 2.24) is 10.3 Å². The smallest absolute Gasteiger partial charge is 0.238 e. The molecule has 0 aliphatic heterocycles. The minimum absolute atomic E-state index is 0.404. The minimum atomic E-state index is 0.404. The molecule has 1 aromatic carbocycles. The highest BCUT2D eigenvalue weighted by Gasteiger charge is 2.06. The second kappa shape index (κ2) is 7.86. The van der Waals surface area contributed by atoms with Crippen LogP contribution in [0.1, 0.15) is 18.9 Å². The van der Waals surface area contributed by atoms with E-state index in [1.165, 1.54) is 0 Å². The third kappa shape index (κ3) is 4.62. The van der Waals surface area contributed by atoms with Crippen LogP contribution in [0.15, 0.2) is 36.5 Å². The van der Waals surface area contributed by atoms with Gasteiger partial charge in [0.05, 0.1) is 7.11 Å². The first-order chi connectivity index (χ1) is 10.2. The molecule has 0 fully saturated rings. The molecule has 1 heterocycles. The van der Waals surface area contributed by atoms with Crippen LogP contribution in [0.25, 0.3) is 0 Å². The molecule has 0 saturated carbocycles. The fourth-order valence-corrected chi connectivity index (χ4v) is 2.03. The van der Waals surface area contributed by atoms with Gasteiger partial charge in [0.15, 0.2) is 0 Å². The average molecular weight is 307 g/mol. The first kappa shape index (κ1) is 15.6. The Morgan fingerprint density at radius 3 is 2.52 bits per heavy atom. The maximum Gasteiger partial charge on any atom is 0.238 e. The van der Waals surface area contributed by atoms with E-state index in [1.54, 1.807) is 13.3 Å². The van der Waals surface area contributed by atoms with Gasteiger partial charge >= 0.3 is 0 Å². The van der Waals surface area contributed by atoms with Crippen molar-refractivity contribution < 1.29 is 9.47 Å². The van der Waals surface area contributed by atoms with Gasteiger partial charge in [-0.3, -0.25) is 0 Å². The van der Waals surface area contributed by atoms with Gasteiger partial charge in [0, 0.05) is 12.7 Å². The summed E-state index contributed by atoms with van der Waals surface area (Å²) in [5.74, 6) is 1.85. The number of benzene rings is 1. The zero-order valence-corrected chi connectivity index (χ0v) is 13.0. The highest BCUT2D eigenvalue weighted by Crippen LogP contribution is 2.28. The lowest BCUT2D eigenvalue weighted by atomic mass is 10.3. The fraction of sp³-hybridized carbons (Fsp3) is 0.312. The van der Waals surface area contributed by atoms with E-state index in [2.05, 4.69) is 17.2 Å². The summed E-state index contributed by atoms with van der Waals surface area (Å²) in [5.41, 5.74) is 1.04. The molecule has 0 atom stereocenters. The number of methoxy groups -OCH3 is 1. The Labute approximate surface area is 130 Å². The molecule has 1 N–H and O–H groups in total. The molecule has 1 aromatic heterocycles. The topological polar surface area (TPSA) is 43.4 Å². The Morgan fingerprint density at radius 2 is 1.90 bits per heavy atom. The van der Waals surface area contributed by atoms with Gasteiger partial charge in [0.1, 0.15) is 16.5 Å². The van der Waals surface area contributed by atoms with Gasteiger partial charge in [0.25, 0.3) is 0 Å². The number of pyridine rings is 1. The van der Waals surface area contributed by atoms with Crippen molar-refractivity contribution in [2.24, 2.45) is 0 Å². The van der Waals surface area contributed by atoms with Crippen LogP contribution >= 0.6 is 11.6 Å². The van der Waals surface area contributed by atoms with Gasteiger partial charge in [-0.2, -0.15) is 0 Å². The van der Waals surface area contributed by atoms with E-state index >= 15 is 0 Å². The molecule has 0 aliphatic rings. The van der Waals surface area contributed by atoms with Crippen LogP contribution in [-0.4, -0.2) is 18.6 Å². The Hall–Kier alpha value is -1.78. The van der Waals surface area contributed by atoms with Crippen molar-refractivity contribution in [3.63, 3.8) is 0 Å². The van der Waals surface area contributed by atoms with Gasteiger partial charge in [-0.15, -0.1) is 0 Å². The van der Waals surface area contributed by atoms with Crippen LogP contribution in [-0.2, 0) is 6.54 Å². The number of nitrogens with zero attached hydrogens (tertiary/aromatic N) is 1. The summed E-state index contributed by atoms with van der Waals surface area (Å²) in [6.45, 7) is 3.86. The van der Waals surface area contributed by atoms with Crippen molar-refractivity contribution in [2.75, 3.05) is 13.7 Å². The lowest BCUT2D eigenvalue weighted by Gasteiger charge is -2.09. The van der Waals surface area contributed by atoms with Crippen LogP contribution in [0.5, 0.6) is 17.4 Å². The molecule has 0 saturated heterocycles. The van der Waals surface area contributed by atoms with Crippen LogP contribution in [0.4, 0.5) is 0 Å². The number of rotatable bonds is 7. The Bertz CT molecular complexity index is 573. The van der Waals surface area contributed by atoms with Crippen LogP contribution < -0.4 is 14.8 Å². The molecule has 0 radical (unpaired) electrons. The lowest BCUT2D eigenvalue weighted by molar-refractivity contribution is 0.412. The SMILES string of the molecule is CCCNCc1cnc(Oc2ccc(OC)cc2)c(Cl)c1. The Morgan fingerprint density at radius 1 is 1.19 bits per heavy atom. The van der Waals surface area contributed by atoms with Gasteiger partial charge in [0.2, 0.25) is 5.88 Å². The molecular weight excluding hydrogens is 288 g/mol. The number of aromatic nitrogens is 1. The predicted octanol–water partition coefficient (Wildman–Crippen LogP) is 4.04. The number of ether oxygens (including phenoxy) is 2. The molecule has 0 aliphatic carbocycles. The normalized spacial score (nSPS) is 10.4. The Balaban J connectivity index is 2.02. The quantitative estimate of drug-likeness (QED) is 0.784. The number of halogens is 1. The summed E-state index contributed by atoms with van der Waals surface area (Å²) in [7, 11) is 1.62. The largest absolute Gasteiger partial charge is 0.497 e. The predicted molar refractivity (Wildman–Crippen MR) is 84.3 cm³/mol. The lowest BCUT2D eigenvalue weighted by Crippen LogP contribution is -2.13. The molecule has 0 bridgehead atoms. The summed E-state index contributed by atoms with van der Waals surface area (Å²) >= 11 is 6.21. The van der Waals surface area contributed by atoms with E-state index < -0.39 is 0 Å². The van der Waals surface area contributed by atoms with E-state index in [0.29, 0.717) is 16.7 Å². The zero-order chi connectivity index (χ0) is 15.1. The molecule has 0 spiro atoms. The van der Waals surface area contributed by atoms with Gasteiger partial charge < -0.3 is 14.8 Å². The molecule has 0 unspecified atom stereocenters. The van der Waals surface area contributed by atoms with Crippen molar-refractivity contribution in [3.05, 3.63) is 47.1 Å². The summed E-state index contributed by atoms with van der Waals surface area (Å²) in [6.07, 6.45) is 2.87. The van der Waals surface area contributed by atoms with Crippen molar-refractivity contribution in [1.29, 1.82) is 0 Å². The zero-order valence-electron chi connectivity index (χ0n) is 12.2. The first-order valence-corrected chi connectivity index (χ1v) is 7.27. The summed E-state index contributed by atoms with van der Waals surface area (Å²) in [4.78, 5) is 4.27. The molecule has 2 rings (SSSR count). The van der Waals surface area contributed by atoms with Crippen molar-refractivity contribution >= 4 is 11.6 Å². The number of hydrogen-bond donors (Lipinski definition) is 1. The van der Waals surface area contributed by atoms with Crippen LogP contribution in [0.3, 0.4) is 0 Å². The number of hydrogen-bond acceptors (Lipinski definition) is 4. The first-order valence-electron chi connectivity index (χ1n) is 6.90. The van der Waals surface area contributed by atoms with Crippen LogP contribution in [0.2, 0.25) is 5.02 Å². The Kier molecular flexibility index (Phi) is 5.84. The minimum Gasteiger partial charge on any atom is -0.497 e. The van der Waals surface area contributed by atoms with Gasteiger partial charge in [-0.1, -0.05) is 18.5 Å². The highest BCUT2D eigenvalue weighted by molar-refractivity contribution is 6.31. The van der Waals surface area contributed by atoms with Crippen LogP contribution in [0, 0.1) is 0 Å². The van der Waals surface area contributed by atoms with Crippen molar-refractivity contribution in [3.8, 4) is 17.4 Å². The molecular formula is C16H19ClN2O2. The van der Waals surface area contributed by atoms with Gasteiger partial charge in [-0.05, 0) is 48.9 Å². The molecule has 0 amide bonds. The fourth-order valence-electron chi connectivity index (χ4n) is 1.80. The third-order valence-electron chi connectivity index (χ3n) is 2.89. The van der Waals surface area contributed by atoms with Gasteiger partial charge in [-0.25, -0.2) is 4.98 Å². The van der Waals surface area contributed by atoms with E-state index in [1.807, 2.05) is 30.3 Å². The summed E-state index contributed by atoms with van der Waals surface area (Å²) in [6, 6.07) is 9.15. The second-order valence-corrected chi connectivity index (χ2v) is 4.99. The summed E-state index contributed by atoms with van der Waals surface area (Å²) in [5, 5.41) is 3.81. The highest BCUT2D eigenvalue weighted by atomic mass is 35.5. The average Bonchev–Trinajstić information content (AvgIpc) is 2.51. The summed E-state index contributed by atoms with van der Waals surface area (Å²) < 4.78 is 10.8. The van der Waals surface area contributed by atoms with E-state index in [9.17, 15) is 0 Å². The molecule has 2 aromatic rings. The van der Waals surface area contributed by atoms with E-state index in [0.717, 1.165) is 30.8 Å². The maximum absolute atomic E-state index is 6.21. The van der Waals surface area contributed by atoms with E-state index in [4.69, 9.17) is 21.1 Å². The van der Waals surface area contributed by atoms with Crippen molar-refractivity contribution in [2.45, 2.75) is 19.9 Å². The van der Waals surface area contributed by atoms with E-state index in [-0.39, 0.29) is 0 Å². The monoisotopic (exact) mass is 306 g/mol. The standard InChI is InChI=1S/C16H19ClN2O2/c1-3-8-18-10-12-9-15(17)16(19-11-12)21-14-6-4-13(20-2)5-7-14/h4-7,9,11,18H,3,8,10H2,1-2H3. The molecule has 21 heavy (non-hydrogen) atoms. The third-order valence-corrected chi connectivity index (χ3v) is 3.16. The number of nitrogens with one attached hydrogen (secondary N) is 1. The molecule has 4 nitrogen and oxygen atoms in total. The maximum atomic E-state index is 6.21. The molecule has 112 valence electrons.